The molecule has 1 atom stereocenters. The van der Waals surface area contributed by atoms with Crippen LogP contribution in [0.25, 0.3) is 0 Å². The van der Waals surface area contributed by atoms with Crippen molar-refractivity contribution >= 4 is 30.3 Å². The summed E-state index contributed by atoms with van der Waals surface area (Å²) < 4.78 is 0. The first kappa shape index (κ1) is 19.2. The molecule has 0 bridgehead atoms. The smallest absolute Gasteiger partial charge is 0.322 e. The van der Waals surface area contributed by atoms with Gasteiger partial charge >= 0.3 is 6.03 Å². The Morgan fingerprint density at radius 2 is 1.80 bits per heavy atom. The Labute approximate surface area is 152 Å². The van der Waals surface area contributed by atoms with Crippen LogP contribution in [0.15, 0.2) is 24.3 Å². The normalized spacial score (nSPS) is 24.2. The largest absolute Gasteiger partial charge is 0.345 e. The molecule has 1 unspecified atom stereocenters. The number of hydrogen-bond donors (Lipinski definition) is 4. The lowest BCUT2D eigenvalue weighted by atomic mass is 9.91. The van der Waals surface area contributed by atoms with Gasteiger partial charge in [0.25, 0.3) is 11.8 Å². The van der Waals surface area contributed by atoms with Gasteiger partial charge in [-0.05, 0) is 37.5 Å². The van der Waals surface area contributed by atoms with Crippen LogP contribution in [0.4, 0.5) is 4.79 Å². The van der Waals surface area contributed by atoms with E-state index in [-0.39, 0.29) is 23.9 Å². The summed E-state index contributed by atoms with van der Waals surface area (Å²) in [4.78, 5) is 35.8. The monoisotopic (exact) mass is 366 g/mol. The van der Waals surface area contributed by atoms with Crippen molar-refractivity contribution in [2.75, 3.05) is 6.54 Å². The zero-order valence-electron chi connectivity index (χ0n) is 14.1. The molecule has 2 aliphatic rings. The summed E-state index contributed by atoms with van der Waals surface area (Å²) in [6.07, 6.45) is 3.95. The number of nitrogens with two attached hydrogens (primary N) is 1. The molecule has 3 rings (SSSR count). The average Bonchev–Trinajstić information content (AvgIpc) is 3.13. The van der Waals surface area contributed by atoms with Gasteiger partial charge in [-0.25, -0.2) is 4.79 Å². The fraction of sp³-hybridized carbons (Fsp3) is 0.471. The van der Waals surface area contributed by atoms with Gasteiger partial charge in [0, 0.05) is 12.1 Å². The van der Waals surface area contributed by atoms with Crippen molar-refractivity contribution in [3.8, 4) is 0 Å². The van der Waals surface area contributed by atoms with Crippen molar-refractivity contribution in [3.05, 3.63) is 35.4 Å². The Hall–Kier alpha value is -2.12. The molecule has 1 aliphatic heterocycles. The number of halogens is 1. The molecule has 8 heteroatoms. The number of hydrogen-bond acceptors (Lipinski definition) is 4. The van der Waals surface area contributed by atoms with Crippen LogP contribution in [0.5, 0.6) is 0 Å². The summed E-state index contributed by atoms with van der Waals surface area (Å²) in [6.45, 7) is 2.06. The predicted octanol–water partition coefficient (Wildman–Crippen LogP) is 1.16. The Kier molecular flexibility index (Phi) is 5.39. The topological polar surface area (TPSA) is 113 Å². The number of benzene rings is 1. The minimum Gasteiger partial charge on any atom is -0.345 e. The summed E-state index contributed by atoms with van der Waals surface area (Å²) in [5.74, 6) is -0.572. The lowest BCUT2D eigenvalue weighted by molar-refractivity contribution is -0.123. The standard InChI is InChI=1S/C17H22N4O3.ClH/c1-16(14(23)19-15(24)21-16)12-6-4-11(5-7-12)13(22)20-17(10-18)8-2-3-9-17;/h4-7H,2-3,8-10,18H2,1H3,(H,20,22)(H2,19,21,23,24);1H. The highest BCUT2D eigenvalue weighted by atomic mass is 35.5. The number of amides is 4. The molecule has 4 amide bonds. The van der Waals surface area contributed by atoms with Gasteiger partial charge in [0.1, 0.15) is 5.54 Å². The molecule has 1 aliphatic carbocycles. The van der Waals surface area contributed by atoms with E-state index in [2.05, 4.69) is 16.0 Å². The Morgan fingerprint density at radius 1 is 1.20 bits per heavy atom. The zero-order valence-corrected chi connectivity index (χ0v) is 14.9. The molecular weight excluding hydrogens is 344 g/mol. The highest BCUT2D eigenvalue weighted by Gasteiger charge is 2.43. The number of urea groups is 1. The molecule has 1 saturated heterocycles. The lowest BCUT2D eigenvalue weighted by Crippen LogP contribution is -2.51. The lowest BCUT2D eigenvalue weighted by Gasteiger charge is -2.29. The van der Waals surface area contributed by atoms with Crippen LogP contribution in [0.3, 0.4) is 0 Å². The Bertz CT molecular complexity index is 686. The van der Waals surface area contributed by atoms with Gasteiger partial charge in [-0.15, -0.1) is 12.4 Å². The van der Waals surface area contributed by atoms with Crippen LogP contribution in [0.1, 0.15) is 48.5 Å². The Morgan fingerprint density at radius 3 is 2.28 bits per heavy atom. The maximum atomic E-state index is 12.5. The SMILES string of the molecule is CC1(c2ccc(C(=O)NC3(CN)CCCC3)cc2)NC(=O)NC1=O.Cl. The summed E-state index contributed by atoms with van der Waals surface area (Å²) in [5, 5.41) is 7.88. The fourth-order valence-electron chi connectivity index (χ4n) is 3.45. The predicted molar refractivity (Wildman–Crippen MR) is 95.4 cm³/mol. The number of rotatable bonds is 4. The second-order valence-corrected chi connectivity index (χ2v) is 6.76. The highest BCUT2D eigenvalue weighted by Crippen LogP contribution is 2.29. The van der Waals surface area contributed by atoms with E-state index in [0.717, 1.165) is 25.7 Å². The molecule has 2 fully saturated rings. The molecule has 136 valence electrons. The second-order valence-electron chi connectivity index (χ2n) is 6.76. The van der Waals surface area contributed by atoms with E-state index >= 15 is 0 Å². The van der Waals surface area contributed by atoms with E-state index in [1.807, 2.05) is 0 Å². The molecule has 7 nitrogen and oxygen atoms in total. The third-order valence-electron chi connectivity index (χ3n) is 5.10. The third-order valence-corrected chi connectivity index (χ3v) is 5.10. The van der Waals surface area contributed by atoms with Gasteiger partial charge in [-0.2, -0.15) is 0 Å². The van der Waals surface area contributed by atoms with Gasteiger partial charge in [0.2, 0.25) is 0 Å². The minimum absolute atomic E-state index is 0. The van der Waals surface area contributed by atoms with Crippen LogP contribution in [-0.2, 0) is 10.3 Å². The molecule has 0 radical (unpaired) electrons. The highest BCUT2D eigenvalue weighted by molar-refractivity contribution is 6.07. The van der Waals surface area contributed by atoms with E-state index < -0.39 is 17.5 Å². The van der Waals surface area contributed by atoms with Gasteiger partial charge in [-0.1, -0.05) is 25.0 Å². The van der Waals surface area contributed by atoms with Crippen LogP contribution < -0.4 is 21.7 Å². The minimum atomic E-state index is -1.12. The summed E-state index contributed by atoms with van der Waals surface area (Å²) in [7, 11) is 0. The van der Waals surface area contributed by atoms with Crippen molar-refractivity contribution in [2.24, 2.45) is 5.73 Å². The van der Waals surface area contributed by atoms with Crippen LogP contribution in [0.2, 0.25) is 0 Å². The second kappa shape index (κ2) is 7.01. The van der Waals surface area contributed by atoms with Crippen LogP contribution in [0, 0.1) is 0 Å². The van der Waals surface area contributed by atoms with Crippen molar-refractivity contribution in [3.63, 3.8) is 0 Å². The van der Waals surface area contributed by atoms with E-state index in [9.17, 15) is 14.4 Å². The molecule has 1 heterocycles. The van der Waals surface area contributed by atoms with Gasteiger partial charge in [0.15, 0.2) is 0 Å². The maximum Gasteiger partial charge on any atom is 0.322 e. The third kappa shape index (κ3) is 3.48. The van der Waals surface area contributed by atoms with Crippen LogP contribution >= 0.6 is 12.4 Å². The first-order chi connectivity index (χ1) is 11.4. The van der Waals surface area contributed by atoms with Crippen molar-refractivity contribution in [1.82, 2.24) is 16.0 Å². The summed E-state index contributed by atoms with van der Waals surface area (Å²) in [5.41, 5.74) is 5.56. The van der Waals surface area contributed by atoms with Gasteiger partial charge in [0.05, 0.1) is 5.54 Å². The van der Waals surface area contributed by atoms with E-state index in [1.165, 1.54) is 0 Å². The summed E-state index contributed by atoms with van der Waals surface area (Å²) in [6, 6.07) is 6.17. The molecule has 1 saturated carbocycles. The molecular formula is C17H23ClN4O3. The number of imide groups is 1. The molecule has 5 N–H and O–H groups in total. The molecule has 0 aromatic heterocycles. The number of carbonyl (C=O) groups is 3. The fourth-order valence-corrected chi connectivity index (χ4v) is 3.45. The first-order valence-electron chi connectivity index (χ1n) is 8.15. The number of carbonyl (C=O) groups excluding carboxylic acids is 3. The average molecular weight is 367 g/mol. The van der Waals surface area contributed by atoms with Crippen molar-refractivity contribution < 1.29 is 14.4 Å². The summed E-state index contributed by atoms with van der Waals surface area (Å²) >= 11 is 0. The Balaban J connectivity index is 0.00000225. The molecule has 1 aromatic rings. The molecule has 25 heavy (non-hydrogen) atoms. The van der Waals surface area contributed by atoms with E-state index in [4.69, 9.17) is 5.73 Å². The zero-order chi connectivity index (χ0) is 17.4. The van der Waals surface area contributed by atoms with Crippen LogP contribution in [-0.4, -0.2) is 29.9 Å². The van der Waals surface area contributed by atoms with Gasteiger partial charge in [-0.3, -0.25) is 14.9 Å². The van der Waals surface area contributed by atoms with E-state index in [0.29, 0.717) is 17.7 Å². The quantitative estimate of drug-likeness (QED) is 0.599. The van der Waals surface area contributed by atoms with Crippen molar-refractivity contribution in [1.29, 1.82) is 0 Å². The number of nitrogens with one attached hydrogen (secondary N) is 3. The molecule has 0 spiro atoms. The van der Waals surface area contributed by atoms with E-state index in [1.54, 1.807) is 31.2 Å². The maximum absolute atomic E-state index is 12.5. The van der Waals surface area contributed by atoms with Crippen molar-refractivity contribution in [2.45, 2.75) is 43.7 Å². The van der Waals surface area contributed by atoms with Gasteiger partial charge < -0.3 is 16.4 Å². The molecule has 1 aromatic carbocycles. The first-order valence-corrected chi connectivity index (χ1v) is 8.15.